The summed E-state index contributed by atoms with van der Waals surface area (Å²) in [6.45, 7) is 0. The fourth-order valence-corrected chi connectivity index (χ4v) is 3.68. The molecule has 2 N–H and O–H groups in total. The van der Waals surface area contributed by atoms with E-state index in [0.29, 0.717) is 0 Å². The summed E-state index contributed by atoms with van der Waals surface area (Å²) in [5.74, 6) is 1.65. The standard InChI is InChI=1S/C26H22N4O/c1-31-22-11-5-7-18(15-22)19-12-13-24-23(16-19)26(28-21-9-3-2-4-10-21)30-25(29-24)20-8-6-14-27-17-20/h2-17,25,29H,1H3,(H,28,30). The lowest BCUT2D eigenvalue weighted by molar-refractivity contribution is 0.415. The Kier molecular flexibility index (Phi) is 5.07. The third-order valence-electron chi connectivity index (χ3n) is 5.26. The second-order valence-electron chi connectivity index (χ2n) is 7.29. The lowest BCUT2D eigenvalue weighted by atomic mass is 9.99. The first kappa shape index (κ1) is 18.9. The summed E-state index contributed by atoms with van der Waals surface area (Å²) in [4.78, 5) is 9.24. The molecule has 0 saturated carbocycles. The van der Waals surface area contributed by atoms with Crippen molar-refractivity contribution in [2.45, 2.75) is 6.17 Å². The number of hydrogen-bond donors (Lipinski definition) is 2. The van der Waals surface area contributed by atoms with E-state index in [1.54, 1.807) is 13.3 Å². The zero-order valence-corrected chi connectivity index (χ0v) is 17.1. The number of aliphatic imine (C=N–C) groups is 1. The van der Waals surface area contributed by atoms with Crippen LogP contribution in [-0.2, 0) is 0 Å². The number of pyridine rings is 1. The van der Waals surface area contributed by atoms with E-state index in [1.807, 2.05) is 66.9 Å². The maximum Gasteiger partial charge on any atom is 0.148 e. The van der Waals surface area contributed by atoms with Crippen molar-refractivity contribution in [3.63, 3.8) is 0 Å². The second-order valence-corrected chi connectivity index (χ2v) is 7.29. The maximum atomic E-state index is 5.40. The van der Waals surface area contributed by atoms with E-state index in [-0.39, 0.29) is 6.17 Å². The van der Waals surface area contributed by atoms with Crippen LogP contribution >= 0.6 is 0 Å². The predicted octanol–water partition coefficient (Wildman–Crippen LogP) is 5.74. The van der Waals surface area contributed by atoms with Gasteiger partial charge in [0.1, 0.15) is 17.8 Å². The number of methoxy groups -OCH3 is 1. The molecule has 0 spiro atoms. The first-order valence-corrected chi connectivity index (χ1v) is 10.2. The summed E-state index contributed by atoms with van der Waals surface area (Å²) in [6.07, 6.45) is 3.40. The molecule has 1 atom stereocenters. The summed E-state index contributed by atoms with van der Waals surface area (Å²) in [7, 11) is 1.68. The highest BCUT2D eigenvalue weighted by Crippen LogP contribution is 2.34. The van der Waals surface area contributed by atoms with Gasteiger partial charge in [0.15, 0.2) is 0 Å². The molecule has 31 heavy (non-hydrogen) atoms. The van der Waals surface area contributed by atoms with Crippen LogP contribution in [0.5, 0.6) is 5.75 Å². The molecule has 0 saturated heterocycles. The summed E-state index contributed by atoms with van der Waals surface area (Å²) in [6, 6.07) is 28.5. The van der Waals surface area contributed by atoms with Crippen LogP contribution in [0.3, 0.4) is 0 Å². The first-order chi connectivity index (χ1) is 15.3. The SMILES string of the molecule is COc1cccc(-c2ccc3c(c2)C(Nc2ccccc2)=NC(c2cccnc2)N3)c1. The van der Waals surface area contributed by atoms with Gasteiger partial charge in [0.25, 0.3) is 0 Å². The molecule has 1 aliphatic heterocycles. The Labute approximate surface area is 181 Å². The number of hydrogen-bond acceptors (Lipinski definition) is 5. The van der Waals surface area contributed by atoms with E-state index < -0.39 is 0 Å². The molecule has 5 rings (SSSR count). The normalized spacial score (nSPS) is 14.7. The number of anilines is 2. The van der Waals surface area contributed by atoms with E-state index in [2.05, 4.69) is 39.9 Å². The highest BCUT2D eigenvalue weighted by molar-refractivity contribution is 6.13. The van der Waals surface area contributed by atoms with Crippen LogP contribution in [0, 0.1) is 0 Å². The fraction of sp³-hybridized carbons (Fsp3) is 0.0769. The van der Waals surface area contributed by atoms with E-state index in [1.165, 1.54) is 0 Å². The minimum Gasteiger partial charge on any atom is -0.497 e. The van der Waals surface area contributed by atoms with Gasteiger partial charge in [0, 0.05) is 34.9 Å². The van der Waals surface area contributed by atoms with Crippen molar-refractivity contribution < 1.29 is 4.74 Å². The van der Waals surface area contributed by atoms with Gasteiger partial charge < -0.3 is 15.4 Å². The van der Waals surface area contributed by atoms with Crippen molar-refractivity contribution in [2.75, 3.05) is 17.7 Å². The average Bonchev–Trinajstić information content (AvgIpc) is 2.85. The van der Waals surface area contributed by atoms with Gasteiger partial charge >= 0.3 is 0 Å². The molecule has 2 heterocycles. The van der Waals surface area contributed by atoms with E-state index in [9.17, 15) is 0 Å². The van der Waals surface area contributed by atoms with Gasteiger partial charge in [-0.3, -0.25) is 4.98 Å². The number of rotatable bonds is 4. The molecular weight excluding hydrogens is 384 g/mol. The van der Waals surface area contributed by atoms with Gasteiger partial charge in [0.2, 0.25) is 0 Å². The number of amidine groups is 1. The van der Waals surface area contributed by atoms with Gasteiger partial charge in [-0.05, 0) is 53.6 Å². The largest absolute Gasteiger partial charge is 0.497 e. The Balaban J connectivity index is 1.58. The Morgan fingerprint density at radius 1 is 0.871 bits per heavy atom. The number of nitrogens with zero attached hydrogens (tertiary/aromatic N) is 2. The van der Waals surface area contributed by atoms with E-state index >= 15 is 0 Å². The molecule has 152 valence electrons. The zero-order valence-electron chi connectivity index (χ0n) is 17.1. The van der Waals surface area contributed by atoms with Crippen molar-refractivity contribution in [3.05, 3.63) is 108 Å². The molecule has 3 aromatic carbocycles. The first-order valence-electron chi connectivity index (χ1n) is 10.2. The predicted molar refractivity (Wildman–Crippen MR) is 126 cm³/mol. The highest BCUT2D eigenvalue weighted by atomic mass is 16.5. The van der Waals surface area contributed by atoms with Gasteiger partial charge in [-0.25, -0.2) is 4.99 Å². The Bertz CT molecular complexity index is 1220. The third kappa shape index (κ3) is 3.98. The Hall–Kier alpha value is -4.12. The van der Waals surface area contributed by atoms with Crippen molar-refractivity contribution in [1.82, 2.24) is 4.98 Å². The Morgan fingerprint density at radius 2 is 1.74 bits per heavy atom. The smallest absolute Gasteiger partial charge is 0.148 e. The van der Waals surface area contributed by atoms with Crippen molar-refractivity contribution in [3.8, 4) is 16.9 Å². The van der Waals surface area contributed by atoms with Crippen molar-refractivity contribution >= 4 is 17.2 Å². The quantitative estimate of drug-likeness (QED) is 0.454. The molecule has 0 aliphatic carbocycles. The second kappa shape index (κ2) is 8.32. The number of nitrogens with one attached hydrogen (secondary N) is 2. The molecule has 1 aliphatic rings. The van der Waals surface area contributed by atoms with Crippen LogP contribution in [0.15, 0.2) is 102 Å². The number of aromatic nitrogens is 1. The molecule has 0 fully saturated rings. The molecule has 0 radical (unpaired) electrons. The van der Waals surface area contributed by atoms with Crippen LogP contribution in [0.4, 0.5) is 11.4 Å². The summed E-state index contributed by atoms with van der Waals surface area (Å²) in [5.41, 5.74) is 6.24. The highest BCUT2D eigenvalue weighted by Gasteiger charge is 2.22. The molecule has 0 amide bonds. The van der Waals surface area contributed by atoms with Gasteiger partial charge in [-0.1, -0.05) is 42.5 Å². The van der Waals surface area contributed by atoms with Crippen LogP contribution in [-0.4, -0.2) is 17.9 Å². The van der Waals surface area contributed by atoms with Crippen molar-refractivity contribution in [1.29, 1.82) is 0 Å². The lowest BCUT2D eigenvalue weighted by Gasteiger charge is -2.27. The third-order valence-corrected chi connectivity index (χ3v) is 5.26. The number of para-hydroxylation sites is 1. The minimum atomic E-state index is -0.213. The molecule has 1 unspecified atom stereocenters. The van der Waals surface area contributed by atoms with E-state index in [4.69, 9.17) is 9.73 Å². The number of fused-ring (bicyclic) bond motifs is 1. The topological polar surface area (TPSA) is 58.5 Å². The number of ether oxygens (including phenoxy) is 1. The monoisotopic (exact) mass is 406 g/mol. The van der Waals surface area contributed by atoms with Crippen LogP contribution < -0.4 is 15.4 Å². The Morgan fingerprint density at radius 3 is 2.55 bits per heavy atom. The fourth-order valence-electron chi connectivity index (χ4n) is 3.68. The molecule has 5 heteroatoms. The minimum absolute atomic E-state index is 0.213. The summed E-state index contributed by atoms with van der Waals surface area (Å²) in [5, 5.41) is 7.04. The molecular formula is C26H22N4O. The average molecular weight is 406 g/mol. The molecule has 4 aromatic rings. The van der Waals surface area contributed by atoms with Gasteiger partial charge in [-0.15, -0.1) is 0 Å². The van der Waals surface area contributed by atoms with Crippen molar-refractivity contribution in [2.24, 2.45) is 4.99 Å². The summed E-state index contributed by atoms with van der Waals surface area (Å²) >= 11 is 0. The molecule has 1 aromatic heterocycles. The van der Waals surface area contributed by atoms with Crippen LogP contribution in [0.2, 0.25) is 0 Å². The molecule has 5 nitrogen and oxygen atoms in total. The van der Waals surface area contributed by atoms with Crippen LogP contribution in [0.1, 0.15) is 17.3 Å². The summed E-state index contributed by atoms with van der Waals surface area (Å²) < 4.78 is 5.40. The molecule has 0 bridgehead atoms. The van der Waals surface area contributed by atoms with Crippen LogP contribution in [0.25, 0.3) is 11.1 Å². The maximum absolute atomic E-state index is 5.40. The van der Waals surface area contributed by atoms with Gasteiger partial charge in [-0.2, -0.15) is 0 Å². The lowest BCUT2D eigenvalue weighted by Crippen LogP contribution is -2.25. The zero-order chi connectivity index (χ0) is 21.0. The van der Waals surface area contributed by atoms with E-state index in [0.717, 1.165) is 45.2 Å². The van der Waals surface area contributed by atoms with Gasteiger partial charge in [0.05, 0.1) is 7.11 Å². The number of benzene rings is 3.